The normalized spacial score (nSPS) is 14.8. The zero-order valence-corrected chi connectivity index (χ0v) is 16.1. The van der Waals surface area contributed by atoms with Crippen LogP contribution in [0.25, 0.3) is 10.9 Å². The van der Waals surface area contributed by atoms with Gasteiger partial charge in [-0.15, -0.1) is 0 Å². The monoisotopic (exact) mass is 397 g/mol. The van der Waals surface area contributed by atoms with Crippen molar-refractivity contribution in [2.24, 2.45) is 0 Å². The highest BCUT2D eigenvalue weighted by Gasteiger charge is 2.11. The van der Waals surface area contributed by atoms with Crippen molar-refractivity contribution in [1.82, 2.24) is 9.88 Å². The highest BCUT2D eigenvalue weighted by atomic mass is 19.1. The molecule has 1 fully saturated rings. The number of rotatable bonds is 7. The van der Waals surface area contributed by atoms with Crippen LogP contribution in [0.5, 0.6) is 17.2 Å². The van der Waals surface area contributed by atoms with E-state index in [4.69, 9.17) is 19.9 Å². The number of ether oxygens (including phenoxy) is 3. The molecule has 4 rings (SSSR count). The van der Waals surface area contributed by atoms with Crippen LogP contribution < -0.4 is 15.2 Å². The Morgan fingerprint density at radius 2 is 1.93 bits per heavy atom. The van der Waals surface area contributed by atoms with Crippen LogP contribution in [-0.4, -0.2) is 49.3 Å². The molecule has 0 aliphatic carbocycles. The fourth-order valence-electron chi connectivity index (χ4n) is 3.30. The van der Waals surface area contributed by atoms with Gasteiger partial charge in [-0.25, -0.2) is 4.39 Å². The molecule has 1 aromatic heterocycles. The summed E-state index contributed by atoms with van der Waals surface area (Å²) in [6.07, 6.45) is 2.58. The van der Waals surface area contributed by atoms with Crippen LogP contribution in [0.1, 0.15) is 6.42 Å². The molecule has 0 bridgehead atoms. The largest absolute Gasteiger partial charge is 0.493 e. The number of aromatic nitrogens is 1. The number of benzene rings is 2. The molecule has 2 heterocycles. The third kappa shape index (κ3) is 4.93. The zero-order valence-electron chi connectivity index (χ0n) is 16.1. The molecule has 1 aliphatic rings. The summed E-state index contributed by atoms with van der Waals surface area (Å²) in [4.78, 5) is 6.77. The second-order valence-corrected chi connectivity index (χ2v) is 6.94. The summed E-state index contributed by atoms with van der Waals surface area (Å²) < 4.78 is 31.1. The SMILES string of the molecule is Nc1ccc(Oc2ccnc3cc(OCCCN4CCOCC4)ccc23)c(F)c1. The number of hydrogen-bond acceptors (Lipinski definition) is 6. The van der Waals surface area contributed by atoms with Gasteiger partial charge in [-0.05, 0) is 36.8 Å². The summed E-state index contributed by atoms with van der Waals surface area (Å²) in [7, 11) is 0. The molecule has 0 amide bonds. The summed E-state index contributed by atoms with van der Waals surface area (Å²) in [5.41, 5.74) is 6.67. The van der Waals surface area contributed by atoms with Crippen molar-refractivity contribution in [2.75, 3.05) is 45.2 Å². The zero-order chi connectivity index (χ0) is 20.1. The van der Waals surface area contributed by atoms with Gasteiger partial charge in [0.1, 0.15) is 11.5 Å². The molecule has 0 atom stereocenters. The van der Waals surface area contributed by atoms with Gasteiger partial charge in [-0.2, -0.15) is 0 Å². The fourth-order valence-corrected chi connectivity index (χ4v) is 3.30. The number of fused-ring (bicyclic) bond motifs is 1. The lowest BCUT2D eigenvalue weighted by atomic mass is 10.2. The van der Waals surface area contributed by atoms with Gasteiger partial charge in [0, 0.05) is 49.0 Å². The Bertz CT molecular complexity index is 977. The van der Waals surface area contributed by atoms with Gasteiger partial charge in [0.2, 0.25) is 0 Å². The summed E-state index contributed by atoms with van der Waals surface area (Å²) in [5, 5.41) is 0.782. The molecule has 3 aromatic rings. The van der Waals surface area contributed by atoms with Gasteiger partial charge in [0.15, 0.2) is 11.6 Å². The van der Waals surface area contributed by atoms with E-state index in [9.17, 15) is 4.39 Å². The smallest absolute Gasteiger partial charge is 0.167 e. The molecule has 1 aliphatic heterocycles. The van der Waals surface area contributed by atoms with Gasteiger partial charge in [0.25, 0.3) is 0 Å². The Morgan fingerprint density at radius 3 is 2.76 bits per heavy atom. The Balaban J connectivity index is 1.40. The van der Waals surface area contributed by atoms with Crippen molar-refractivity contribution >= 4 is 16.6 Å². The minimum atomic E-state index is -0.504. The molecule has 1 saturated heterocycles. The predicted octanol–water partition coefficient (Wildman–Crippen LogP) is 3.85. The maximum Gasteiger partial charge on any atom is 0.167 e. The van der Waals surface area contributed by atoms with E-state index in [0.717, 1.165) is 55.9 Å². The third-order valence-electron chi connectivity index (χ3n) is 4.84. The molecule has 0 saturated carbocycles. The molecule has 7 heteroatoms. The van der Waals surface area contributed by atoms with E-state index >= 15 is 0 Å². The number of halogens is 1. The maximum absolute atomic E-state index is 14.1. The van der Waals surface area contributed by atoms with E-state index in [0.29, 0.717) is 18.0 Å². The van der Waals surface area contributed by atoms with Crippen molar-refractivity contribution in [2.45, 2.75) is 6.42 Å². The first-order valence-corrected chi connectivity index (χ1v) is 9.73. The van der Waals surface area contributed by atoms with Gasteiger partial charge >= 0.3 is 0 Å². The molecule has 0 unspecified atom stereocenters. The van der Waals surface area contributed by atoms with Crippen molar-refractivity contribution < 1.29 is 18.6 Å². The van der Waals surface area contributed by atoms with Gasteiger partial charge in [-0.3, -0.25) is 9.88 Å². The topological polar surface area (TPSA) is 69.8 Å². The highest BCUT2D eigenvalue weighted by Crippen LogP contribution is 2.32. The second-order valence-electron chi connectivity index (χ2n) is 6.94. The second kappa shape index (κ2) is 9.07. The molecule has 0 spiro atoms. The average Bonchev–Trinajstić information content (AvgIpc) is 2.74. The number of pyridine rings is 1. The molecule has 0 radical (unpaired) electrons. The van der Waals surface area contributed by atoms with Crippen molar-refractivity contribution in [1.29, 1.82) is 0 Å². The first-order chi connectivity index (χ1) is 14.2. The first-order valence-electron chi connectivity index (χ1n) is 9.73. The lowest BCUT2D eigenvalue weighted by molar-refractivity contribution is 0.0358. The summed E-state index contributed by atoms with van der Waals surface area (Å²) >= 11 is 0. The number of nitrogens with zero attached hydrogens (tertiary/aromatic N) is 2. The number of nitrogen functional groups attached to an aromatic ring is 1. The van der Waals surface area contributed by atoms with Gasteiger partial charge in [0.05, 0.1) is 25.3 Å². The van der Waals surface area contributed by atoms with Gasteiger partial charge < -0.3 is 19.9 Å². The van der Waals surface area contributed by atoms with E-state index in [2.05, 4.69) is 9.88 Å². The van der Waals surface area contributed by atoms with Crippen LogP contribution in [0.4, 0.5) is 10.1 Å². The minimum absolute atomic E-state index is 0.120. The summed E-state index contributed by atoms with van der Waals surface area (Å²) in [6.45, 7) is 5.22. The average molecular weight is 397 g/mol. The van der Waals surface area contributed by atoms with E-state index in [1.807, 2.05) is 18.2 Å². The van der Waals surface area contributed by atoms with E-state index < -0.39 is 5.82 Å². The van der Waals surface area contributed by atoms with Crippen molar-refractivity contribution in [3.63, 3.8) is 0 Å². The Kier molecular flexibility index (Phi) is 6.07. The van der Waals surface area contributed by atoms with Gasteiger partial charge in [-0.1, -0.05) is 0 Å². The highest BCUT2D eigenvalue weighted by molar-refractivity contribution is 5.86. The van der Waals surface area contributed by atoms with Crippen LogP contribution in [-0.2, 0) is 4.74 Å². The lowest BCUT2D eigenvalue weighted by Gasteiger charge is -2.26. The summed E-state index contributed by atoms with van der Waals surface area (Å²) in [5.74, 6) is 0.894. The van der Waals surface area contributed by atoms with E-state index in [-0.39, 0.29) is 5.75 Å². The number of hydrogen-bond donors (Lipinski definition) is 1. The minimum Gasteiger partial charge on any atom is -0.493 e. The molecular weight excluding hydrogens is 373 g/mol. The fraction of sp³-hybridized carbons (Fsp3) is 0.318. The Morgan fingerprint density at radius 1 is 1.07 bits per heavy atom. The van der Waals surface area contributed by atoms with Crippen LogP contribution >= 0.6 is 0 Å². The molecule has 2 aromatic carbocycles. The number of nitrogens with two attached hydrogens (primary N) is 1. The Hall–Kier alpha value is -2.90. The maximum atomic E-state index is 14.1. The van der Waals surface area contributed by atoms with E-state index in [1.54, 1.807) is 18.3 Å². The van der Waals surface area contributed by atoms with Crippen LogP contribution in [0.15, 0.2) is 48.7 Å². The van der Waals surface area contributed by atoms with Crippen LogP contribution in [0.3, 0.4) is 0 Å². The molecule has 152 valence electrons. The first kappa shape index (κ1) is 19.4. The van der Waals surface area contributed by atoms with Crippen LogP contribution in [0.2, 0.25) is 0 Å². The van der Waals surface area contributed by atoms with E-state index in [1.165, 1.54) is 12.1 Å². The molecule has 29 heavy (non-hydrogen) atoms. The Labute approximate surface area is 169 Å². The quantitative estimate of drug-likeness (QED) is 0.482. The van der Waals surface area contributed by atoms with Crippen LogP contribution in [0, 0.1) is 5.82 Å². The summed E-state index contributed by atoms with van der Waals surface area (Å²) in [6, 6.07) is 11.7. The number of morpholine rings is 1. The van der Waals surface area contributed by atoms with Crippen molar-refractivity contribution in [3.05, 3.63) is 54.5 Å². The van der Waals surface area contributed by atoms with Crippen molar-refractivity contribution in [3.8, 4) is 17.2 Å². The molecule has 2 N–H and O–H groups in total. The predicted molar refractivity (Wildman–Crippen MR) is 110 cm³/mol. The molecule has 6 nitrogen and oxygen atoms in total. The molecular formula is C22H24FN3O3. The standard InChI is InChI=1S/C22H24FN3O3/c23-19-14-16(24)2-5-22(19)29-21-6-7-25-20-15-17(3-4-18(20)21)28-11-1-8-26-9-12-27-13-10-26/h2-7,14-15H,1,8-13,24H2. The lowest BCUT2D eigenvalue weighted by Crippen LogP contribution is -2.37. The third-order valence-corrected chi connectivity index (χ3v) is 4.84. The number of anilines is 1.